The van der Waals surface area contributed by atoms with Gasteiger partial charge in [-0.15, -0.1) is 0 Å². The molecule has 1 N–H and O–H groups in total. The van der Waals surface area contributed by atoms with Crippen LogP contribution in [0.15, 0.2) is 28.7 Å². The van der Waals surface area contributed by atoms with Crippen LogP contribution >= 0.6 is 15.9 Å². The van der Waals surface area contributed by atoms with Crippen molar-refractivity contribution in [3.05, 3.63) is 34.3 Å². The molecule has 0 fully saturated rings. The van der Waals surface area contributed by atoms with Crippen molar-refractivity contribution < 1.29 is 5.11 Å². The standard InChI is InChI=1S/C13H19BrO/c1-2-3-4-5-9-13(15)11-7-6-8-12(14)10-11/h6-8,10,13,15H,2-5,9H2,1H3. The van der Waals surface area contributed by atoms with E-state index in [-0.39, 0.29) is 6.10 Å². The molecule has 15 heavy (non-hydrogen) atoms. The lowest BCUT2D eigenvalue weighted by atomic mass is 10.0. The third-order valence-electron chi connectivity index (χ3n) is 2.56. The minimum absolute atomic E-state index is 0.306. The molecule has 1 nitrogen and oxygen atoms in total. The average molecular weight is 271 g/mol. The molecule has 1 atom stereocenters. The summed E-state index contributed by atoms with van der Waals surface area (Å²) in [4.78, 5) is 0. The minimum atomic E-state index is -0.306. The second kappa shape index (κ2) is 7.02. The van der Waals surface area contributed by atoms with Crippen LogP contribution in [-0.2, 0) is 0 Å². The van der Waals surface area contributed by atoms with Crippen molar-refractivity contribution in [3.63, 3.8) is 0 Å². The number of halogens is 1. The Hall–Kier alpha value is -0.340. The van der Waals surface area contributed by atoms with Crippen molar-refractivity contribution in [3.8, 4) is 0 Å². The molecule has 0 bridgehead atoms. The number of rotatable bonds is 6. The summed E-state index contributed by atoms with van der Waals surface area (Å²) in [7, 11) is 0. The molecule has 0 aliphatic rings. The third kappa shape index (κ3) is 4.80. The maximum atomic E-state index is 9.92. The molecule has 0 aromatic heterocycles. The Labute approximate surface area is 101 Å². The van der Waals surface area contributed by atoms with Crippen molar-refractivity contribution in [2.75, 3.05) is 0 Å². The van der Waals surface area contributed by atoms with Gasteiger partial charge < -0.3 is 5.11 Å². The molecule has 2 heteroatoms. The van der Waals surface area contributed by atoms with Crippen molar-refractivity contribution in [2.45, 2.75) is 45.1 Å². The summed E-state index contributed by atoms with van der Waals surface area (Å²) in [5.41, 5.74) is 1.01. The first-order valence-corrected chi connectivity index (χ1v) is 6.47. The predicted octanol–water partition coefficient (Wildman–Crippen LogP) is 4.45. The van der Waals surface area contributed by atoms with Gasteiger partial charge in [0.2, 0.25) is 0 Å². The van der Waals surface area contributed by atoms with E-state index in [2.05, 4.69) is 22.9 Å². The fourth-order valence-corrected chi connectivity index (χ4v) is 2.06. The molecule has 84 valence electrons. The first-order chi connectivity index (χ1) is 7.24. The molecule has 0 spiro atoms. The van der Waals surface area contributed by atoms with Gasteiger partial charge in [0.25, 0.3) is 0 Å². The number of hydrogen-bond acceptors (Lipinski definition) is 1. The zero-order valence-corrected chi connectivity index (χ0v) is 10.8. The fraction of sp³-hybridized carbons (Fsp3) is 0.538. The molecule has 1 rings (SSSR count). The van der Waals surface area contributed by atoms with E-state index >= 15 is 0 Å². The van der Waals surface area contributed by atoms with Gasteiger partial charge in [-0.2, -0.15) is 0 Å². The number of hydrogen-bond donors (Lipinski definition) is 1. The molecule has 0 amide bonds. The number of aliphatic hydroxyl groups excluding tert-OH is 1. The van der Waals surface area contributed by atoms with Crippen LogP contribution in [0.1, 0.15) is 50.7 Å². The second-order valence-corrected chi connectivity index (χ2v) is 4.84. The second-order valence-electron chi connectivity index (χ2n) is 3.92. The Bertz CT molecular complexity index is 286. The van der Waals surface area contributed by atoms with Crippen molar-refractivity contribution in [2.24, 2.45) is 0 Å². The third-order valence-corrected chi connectivity index (χ3v) is 3.06. The highest BCUT2D eigenvalue weighted by atomic mass is 79.9. The molecule has 1 unspecified atom stereocenters. The van der Waals surface area contributed by atoms with E-state index in [1.165, 1.54) is 19.3 Å². The van der Waals surface area contributed by atoms with E-state index in [4.69, 9.17) is 0 Å². The van der Waals surface area contributed by atoms with Gasteiger partial charge in [-0.1, -0.05) is 60.7 Å². The summed E-state index contributed by atoms with van der Waals surface area (Å²) in [5.74, 6) is 0. The smallest absolute Gasteiger partial charge is 0.0790 e. The SMILES string of the molecule is CCCCCCC(O)c1cccc(Br)c1. The largest absolute Gasteiger partial charge is 0.388 e. The van der Waals surface area contributed by atoms with Gasteiger partial charge in [0.05, 0.1) is 6.10 Å². The van der Waals surface area contributed by atoms with Crippen LogP contribution in [0.5, 0.6) is 0 Å². The lowest BCUT2D eigenvalue weighted by Crippen LogP contribution is -1.97. The Morgan fingerprint density at radius 2 is 2.07 bits per heavy atom. The quantitative estimate of drug-likeness (QED) is 0.758. The first kappa shape index (κ1) is 12.7. The molecule has 1 aromatic rings. The van der Waals surface area contributed by atoms with Gasteiger partial charge in [-0.25, -0.2) is 0 Å². The molecule has 1 aromatic carbocycles. The van der Waals surface area contributed by atoms with Gasteiger partial charge in [0.1, 0.15) is 0 Å². The topological polar surface area (TPSA) is 20.2 Å². The van der Waals surface area contributed by atoms with Gasteiger partial charge in [-0.3, -0.25) is 0 Å². The Kier molecular flexibility index (Phi) is 5.96. The Morgan fingerprint density at radius 3 is 2.73 bits per heavy atom. The summed E-state index contributed by atoms with van der Waals surface area (Å²) >= 11 is 3.41. The summed E-state index contributed by atoms with van der Waals surface area (Å²) in [6, 6.07) is 7.92. The van der Waals surface area contributed by atoms with Gasteiger partial charge in [-0.05, 0) is 24.1 Å². The predicted molar refractivity (Wildman–Crippen MR) is 67.9 cm³/mol. The van der Waals surface area contributed by atoms with E-state index in [1.54, 1.807) is 0 Å². The summed E-state index contributed by atoms with van der Waals surface area (Å²) in [6.45, 7) is 2.20. The van der Waals surface area contributed by atoms with Crippen LogP contribution < -0.4 is 0 Å². The van der Waals surface area contributed by atoms with E-state index in [1.807, 2.05) is 24.3 Å². The summed E-state index contributed by atoms with van der Waals surface area (Å²) in [5, 5.41) is 9.92. The Balaban J connectivity index is 2.36. The lowest BCUT2D eigenvalue weighted by molar-refractivity contribution is 0.163. The van der Waals surface area contributed by atoms with E-state index in [0.717, 1.165) is 22.9 Å². The number of benzene rings is 1. The van der Waals surface area contributed by atoms with Gasteiger partial charge >= 0.3 is 0 Å². The van der Waals surface area contributed by atoms with Crippen LogP contribution in [0.3, 0.4) is 0 Å². The minimum Gasteiger partial charge on any atom is -0.388 e. The Morgan fingerprint density at radius 1 is 1.27 bits per heavy atom. The maximum absolute atomic E-state index is 9.92. The number of aliphatic hydroxyl groups is 1. The van der Waals surface area contributed by atoms with E-state index in [9.17, 15) is 5.11 Å². The summed E-state index contributed by atoms with van der Waals surface area (Å²) < 4.78 is 1.03. The highest BCUT2D eigenvalue weighted by Crippen LogP contribution is 2.22. The normalized spacial score (nSPS) is 12.7. The van der Waals surface area contributed by atoms with E-state index < -0.39 is 0 Å². The maximum Gasteiger partial charge on any atom is 0.0790 e. The van der Waals surface area contributed by atoms with Crippen LogP contribution in [-0.4, -0.2) is 5.11 Å². The molecular weight excluding hydrogens is 252 g/mol. The highest BCUT2D eigenvalue weighted by Gasteiger charge is 2.06. The number of unbranched alkanes of at least 4 members (excludes halogenated alkanes) is 3. The molecule has 0 aliphatic carbocycles. The fourth-order valence-electron chi connectivity index (χ4n) is 1.64. The van der Waals surface area contributed by atoms with Gasteiger partial charge in [0, 0.05) is 4.47 Å². The molecule has 0 saturated heterocycles. The van der Waals surface area contributed by atoms with Crippen LogP contribution in [0, 0.1) is 0 Å². The molecule has 0 saturated carbocycles. The monoisotopic (exact) mass is 270 g/mol. The van der Waals surface area contributed by atoms with Crippen LogP contribution in [0.2, 0.25) is 0 Å². The lowest BCUT2D eigenvalue weighted by Gasteiger charge is -2.10. The molecule has 0 heterocycles. The average Bonchev–Trinajstić information content (AvgIpc) is 2.24. The van der Waals surface area contributed by atoms with Crippen molar-refractivity contribution in [1.82, 2.24) is 0 Å². The van der Waals surface area contributed by atoms with Crippen LogP contribution in [0.4, 0.5) is 0 Å². The first-order valence-electron chi connectivity index (χ1n) is 5.67. The van der Waals surface area contributed by atoms with E-state index in [0.29, 0.717) is 0 Å². The zero-order chi connectivity index (χ0) is 11.1. The van der Waals surface area contributed by atoms with Gasteiger partial charge in [0.15, 0.2) is 0 Å². The zero-order valence-electron chi connectivity index (χ0n) is 9.25. The molecule has 0 aliphatic heterocycles. The molecule has 0 radical (unpaired) electrons. The summed E-state index contributed by atoms with van der Waals surface area (Å²) in [6.07, 6.45) is 5.41. The van der Waals surface area contributed by atoms with Crippen molar-refractivity contribution in [1.29, 1.82) is 0 Å². The van der Waals surface area contributed by atoms with Crippen molar-refractivity contribution >= 4 is 15.9 Å². The highest BCUT2D eigenvalue weighted by molar-refractivity contribution is 9.10. The van der Waals surface area contributed by atoms with Crippen LogP contribution in [0.25, 0.3) is 0 Å². The molecular formula is C13H19BrO.